The molecule has 186 valence electrons. The molecule has 4 aromatic carbocycles. The van der Waals surface area contributed by atoms with E-state index < -0.39 is 0 Å². The van der Waals surface area contributed by atoms with E-state index in [1.54, 1.807) is 84.9 Å². The molecular formula is C30H26MoO6+2. The first-order chi connectivity index (χ1) is 17.4. The smallest absolute Gasteiger partial charge is 0.259 e. The van der Waals surface area contributed by atoms with Crippen LogP contribution in [0.4, 0.5) is 0 Å². The Bertz CT molecular complexity index is 1260. The molecule has 0 saturated heterocycles. The van der Waals surface area contributed by atoms with Gasteiger partial charge in [-0.05, 0) is 23.3 Å². The Morgan fingerprint density at radius 1 is 0.432 bits per heavy atom. The maximum Gasteiger partial charge on any atom is 0.259 e. The van der Waals surface area contributed by atoms with E-state index in [1.807, 2.05) is 12.1 Å². The van der Waals surface area contributed by atoms with Crippen molar-refractivity contribution in [1.82, 2.24) is 0 Å². The minimum Gasteiger partial charge on any atom is -0.520 e. The van der Waals surface area contributed by atoms with Crippen molar-refractivity contribution < 1.29 is 50.5 Å². The van der Waals surface area contributed by atoms with Crippen LogP contribution in [-0.2, 0) is 21.1 Å². The van der Waals surface area contributed by atoms with Gasteiger partial charge in [0.15, 0.2) is 0 Å². The van der Waals surface area contributed by atoms with Crippen LogP contribution in [-0.4, -0.2) is 52.5 Å². The number of phenols is 2. The standard InChI is InChI=1S/2C15H11O3.Mo/c2*16-13-9-5-4-8-12(13)15(18)10-14(17)11-6-2-1-3-7-11;/h2*1-10,16H;/q2*-1;/p+4. The van der Waals surface area contributed by atoms with Gasteiger partial charge in [0.05, 0.1) is 11.5 Å². The second-order valence-corrected chi connectivity index (χ2v) is 7.60. The average molecular weight is 578 g/mol. The van der Waals surface area contributed by atoms with Crippen molar-refractivity contribution in [2.75, 3.05) is 0 Å². The van der Waals surface area contributed by atoms with Crippen LogP contribution >= 0.6 is 0 Å². The molecule has 37 heavy (non-hydrogen) atoms. The normalized spacial score (nSPS) is 9.51. The molecule has 0 aliphatic heterocycles. The summed E-state index contributed by atoms with van der Waals surface area (Å²) in [6.07, 6.45) is 2.43. The van der Waals surface area contributed by atoms with Crippen molar-refractivity contribution in [3.05, 3.63) is 144 Å². The molecule has 6 nitrogen and oxygen atoms in total. The number of phenolic OH excluding ortho intramolecular Hbond substituents is 2. The van der Waals surface area contributed by atoms with Gasteiger partial charge in [0.2, 0.25) is 0 Å². The second-order valence-electron chi connectivity index (χ2n) is 7.60. The molecular weight excluding hydrogens is 552 g/mol. The summed E-state index contributed by atoms with van der Waals surface area (Å²) in [5.74, 6) is -0.559. The van der Waals surface area contributed by atoms with Crippen molar-refractivity contribution in [1.29, 1.82) is 0 Å². The van der Waals surface area contributed by atoms with Crippen LogP contribution in [0.5, 0.6) is 11.5 Å². The summed E-state index contributed by atoms with van der Waals surface area (Å²) in [6, 6.07) is 30.5. The Morgan fingerprint density at radius 2 is 0.730 bits per heavy atom. The number of benzene rings is 4. The van der Waals surface area contributed by atoms with Crippen LogP contribution in [0.25, 0.3) is 0 Å². The van der Waals surface area contributed by atoms with Gasteiger partial charge in [-0.15, -0.1) is 24.3 Å². The zero-order valence-corrected chi connectivity index (χ0v) is 21.6. The number of aromatic hydroxyl groups is 2. The third kappa shape index (κ3) is 8.34. The molecule has 6 N–H and O–H groups in total. The number of ketones is 4. The second kappa shape index (κ2) is 14.2. The van der Waals surface area contributed by atoms with Gasteiger partial charge >= 0.3 is 0 Å². The zero-order valence-electron chi connectivity index (χ0n) is 19.6. The first-order valence-electron chi connectivity index (χ1n) is 11.0. The summed E-state index contributed by atoms with van der Waals surface area (Å²) in [7, 11) is 0. The molecule has 4 rings (SSSR count). The maximum absolute atomic E-state index is 9.85. The van der Waals surface area contributed by atoms with E-state index in [9.17, 15) is 29.4 Å². The van der Waals surface area contributed by atoms with E-state index in [1.165, 1.54) is 25.0 Å². The van der Waals surface area contributed by atoms with E-state index in [2.05, 4.69) is 0 Å². The Balaban J connectivity index is 0.000000253. The minimum atomic E-state index is -0.186. The number of carbonyl (C=O) groups excluding carboxylic acids is 4. The van der Waals surface area contributed by atoms with E-state index in [0.717, 1.165) is 0 Å². The van der Waals surface area contributed by atoms with Gasteiger partial charge in [-0.25, -0.2) is 0 Å². The SMILES string of the molecule is Oc1ccccc1C(=[OH+])[CH-]C(=[OH+])c1ccccc1.Oc1ccccc1C(=[OH+])[CH-]C(=[OH+])c1ccccc1.[Mo]. The Labute approximate surface area is 228 Å². The molecule has 7 heteroatoms. The van der Waals surface area contributed by atoms with Crippen LogP contribution in [0.1, 0.15) is 22.3 Å². The summed E-state index contributed by atoms with van der Waals surface area (Å²) in [6.45, 7) is 0. The van der Waals surface area contributed by atoms with Gasteiger partial charge in [0.1, 0.15) is 0 Å². The summed E-state index contributed by atoms with van der Waals surface area (Å²) in [4.78, 5) is 39.4. The molecule has 0 saturated carbocycles. The van der Waals surface area contributed by atoms with Gasteiger partial charge in [-0.3, -0.25) is 9.59 Å². The fourth-order valence-electron chi connectivity index (χ4n) is 3.18. The third-order valence-corrected chi connectivity index (χ3v) is 5.05. The molecule has 0 unspecified atom stereocenters. The molecule has 0 bridgehead atoms. The largest absolute Gasteiger partial charge is 0.520 e. The predicted octanol–water partition coefficient (Wildman–Crippen LogP) is 4.16. The molecule has 0 radical (unpaired) electrons. The first kappa shape index (κ1) is 28.8. The molecule has 0 heterocycles. The van der Waals surface area contributed by atoms with Gasteiger partial charge in [0.25, 0.3) is 23.1 Å². The topological polar surface area (TPSA) is 126 Å². The first-order valence-corrected chi connectivity index (χ1v) is 11.0. The summed E-state index contributed by atoms with van der Waals surface area (Å²) in [5.41, 5.74) is 1.75. The van der Waals surface area contributed by atoms with Crippen LogP contribution in [0, 0.1) is 12.8 Å². The molecule has 0 aromatic heterocycles. The maximum atomic E-state index is 9.85. The number of hydrogen-bond acceptors (Lipinski definition) is 2. The molecule has 0 amide bonds. The van der Waals surface area contributed by atoms with Gasteiger partial charge in [-0.1, -0.05) is 72.8 Å². The quantitative estimate of drug-likeness (QED) is 0.107. The Morgan fingerprint density at radius 3 is 1.05 bits per heavy atom. The minimum absolute atomic E-state index is 0. The van der Waals surface area contributed by atoms with Crippen molar-refractivity contribution in [2.24, 2.45) is 0 Å². The molecule has 0 atom stereocenters. The van der Waals surface area contributed by atoms with Gasteiger partial charge < -0.3 is 19.8 Å². The van der Waals surface area contributed by atoms with Gasteiger partial charge in [0, 0.05) is 45.0 Å². The van der Waals surface area contributed by atoms with E-state index in [4.69, 9.17) is 0 Å². The zero-order chi connectivity index (χ0) is 25.9. The summed E-state index contributed by atoms with van der Waals surface area (Å²) < 4.78 is 0. The van der Waals surface area contributed by atoms with Gasteiger partial charge in [-0.2, -0.15) is 0 Å². The van der Waals surface area contributed by atoms with Crippen LogP contribution in [0.15, 0.2) is 109 Å². The van der Waals surface area contributed by atoms with Crippen LogP contribution < -0.4 is 0 Å². The van der Waals surface area contributed by atoms with Crippen LogP contribution in [0.3, 0.4) is 0 Å². The van der Waals surface area contributed by atoms with Crippen molar-refractivity contribution >= 4 is 23.1 Å². The van der Waals surface area contributed by atoms with Crippen molar-refractivity contribution in [3.63, 3.8) is 0 Å². The van der Waals surface area contributed by atoms with E-state index in [-0.39, 0.29) is 66.8 Å². The van der Waals surface area contributed by atoms with Crippen LogP contribution in [0.2, 0.25) is 0 Å². The number of rotatable bonds is 8. The summed E-state index contributed by atoms with van der Waals surface area (Å²) in [5, 5.41) is 19.1. The van der Waals surface area contributed by atoms with E-state index >= 15 is 0 Å². The fourth-order valence-corrected chi connectivity index (χ4v) is 3.18. The molecule has 0 spiro atoms. The Kier molecular flexibility index (Phi) is 11.1. The number of hydrogen-bond donors (Lipinski definition) is 2. The van der Waals surface area contributed by atoms with E-state index in [0.29, 0.717) is 11.1 Å². The monoisotopic (exact) mass is 580 g/mol. The molecule has 0 fully saturated rings. The number of para-hydroxylation sites is 2. The molecule has 4 aromatic rings. The average Bonchev–Trinajstić information content (AvgIpc) is 2.90. The predicted molar refractivity (Wildman–Crippen MR) is 142 cm³/mol. The third-order valence-electron chi connectivity index (χ3n) is 5.05. The Hall–Kier alpha value is -4.41. The fraction of sp³-hybridized carbons (Fsp3) is 0. The molecule has 0 aliphatic carbocycles. The van der Waals surface area contributed by atoms with Crippen molar-refractivity contribution in [2.45, 2.75) is 0 Å². The molecule has 0 aliphatic rings. The van der Waals surface area contributed by atoms with Crippen molar-refractivity contribution in [3.8, 4) is 11.5 Å². The summed E-state index contributed by atoms with van der Waals surface area (Å²) >= 11 is 0.